The van der Waals surface area contributed by atoms with Gasteiger partial charge in [0.25, 0.3) is 0 Å². The number of hydrogen-bond acceptors (Lipinski definition) is 5. The summed E-state index contributed by atoms with van der Waals surface area (Å²) in [5, 5.41) is 3.46. The first-order chi connectivity index (χ1) is 19.1. The minimum absolute atomic E-state index is 0.0912. The molecule has 3 aromatic carbocycles. The van der Waals surface area contributed by atoms with Crippen molar-refractivity contribution in [2.45, 2.75) is 39.3 Å². The van der Waals surface area contributed by atoms with Gasteiger partial charge < -0.3 is 15.0 Å². The summed E-state index contributed by atoms with van der Waals surface area (Å²) in [7, 11) is -3.84. The predicted octanol–water partition coefficient (Wildman–Crippen LogP) is 4.67. The van der Waals surface area contributed by atoms with Crippen molar-refractivity contribution >= 4 is 39.1 Å². The SMILES string of the molecule is CCCNC(=O)[C@H](Cc1ccccc1)N(Cc1ccc(Cl)cc1)C(=O)CN(c1ccc(OCC)cc1)S(C)(=O)=O. The molecule has 0 unspecified atom stereocenters. The van der Waals surface area contributed by atoms with Crippen molar-refractivity contribution in [2.75, 3.05) is 30.3 Å². The molecule has 1 atom stereocenters. The van der Waals surface area contributed by atoms with Gasteiger partial charge in [0.15, 0.2) is 0 Å². The van der Waals surface area contributed by atoms with E-state index in [-0.39, 0.29) is 18.9 Å². The van der Waals surface area contributed by atoms with E-state index < -0.39 is 28.5 Å². The first-order valence-corrected chi connectivity index (χ1v) is 15.4. The molecule has 0 fully saturated rings. The van der Waals surface area contributed by atoms with Crippen LogP contribution in [0.5, 0.6) is 5.75 Å². The zero-order chi connectivity index (χ0) is 29.1. The molecule has 8 nitrogen and oxygen atoms in total. The van der Waals surface area contributed by atoms with Crippen LogP contribution in [0.1, 0.15) is 31.4 Å². The molecule has 3 rings (SSSR count). The Bertz CT molecular complexity index is 1350. The van der Waals surface area contributed by atoms with Gasteiger partial charge in [-0.1, -0.05) is 61.0 Å². The van der Waals surface area contributed by atoms with Crippen LogP contribution < -0.4 is 14.4 Å². The molecule has 0 aromatic heterocycles. The first-order valence-electron chi connectivity index (χ1n) is 13.2. The van der Waals surface area contributed by atoms with Crippen LogP contribution in [0.15, 0.2) is 78.9 Å². The lowest BCUT2D eigenvalue weighted by atomic mass is 10.0. The Hall–Kier alpha value is -3.56. The first kappa shape index (κ1) is 31.0. The topological polar surface area (TPSA) is 96.0 Å². The summed E-state index contributed by atoms with van der Waals surface area (Å²) >= 11 is 6.08. The van der Waals surface area contributed by atoms with Gasteiger partial charge in [0.2, 0.25) is 21.8 Å². The van der Waals surface area contributed by atoms with E-state index >= 15 is 0 Å². The number of benzene rings is 3. The molecule has 2 amide bonds. The van der Waals surface area contributed by atoms with E-state index in [1.807, 2.05) is 44.2 Å². The second kappa shape index (κ2) is 14.7. The fraction of sp³-hybridized carbons (Fsp3) is 0.333. The lowest BCUT2D eigenvalue weighted by Crippen LogP contribution is -2.53. The number of sulfonamides is 1. The molecule has 0 heterocycles. The molecule has 214 valence electrons. The van der Waals surface area contributed by atoms with Crippen LogP contribution >= 0.6 is 11.6 Å². The van der Waals surface area contributed by atoms with Crippen LogP contribution in [0.25, 0.3) is 0 Å². The third-order valence-electron chi connectivity index (χ3n) is 6.20. The van der Waals surface area contributed by atoms with Gasteiger partial charge >= 0.3 is 0 Å². The van der Waals surface area contributed by atoms with Crippen molar-refractivity contribution in [3.63, 3.8) is 0 Å². The molecular formula is C30H36ClN3O5S. The zero-order valence-electron chi connectivity index (χ0n) is 23.0. The monoisotopic (exact) mass is 585 g/mol. The molecule has 0 aliphatic heterocycles. The summed E-state index contributed by atoms with van der Waals surface area (Å²) < 4.78 is 32.2. The second-order valence-corrected chi connectivity index (χ2v) is 11.7. The van der Waals surface area contributed by atoms with Crippen molar-refractivity contribution < 1.29 is 22.7 Å². The Labute approximate surface area is 241 Å². The lowest BCUT2D eigenvalue weighted by molar-refractivity contribution is -0.140. The highest BCUT2D eigenvalue weighted by Gasteiger charge is 2.33. The minimum Gasteiger partial charge on any atom is -0.494 e. The summed E-state index contributed by atoms with van der Waals surface area (Å²) in [5.41, 5.74) is 1.95. The van der Waals surface area contributed by atoms with Crippen LogP contribution in [0.2, 0.25) is 5.02 Å². The summed E-state index contributed by atoms with van der Waals surface area (Å²) in [6, 6.07) is 22.0. The predicted molar refractivity (Wildman–Crippen MR) is 159 cm³/mol. The van der Waals surface area contributed by atoms with Gasteiger partial charge in [0.05, 0.1) is 18.6 Å². The van der Waals surface area contributed by atoms with Gasteiger partial charge in [-0.15, -0.1) is 0 Å². The molecule has 0 saturated heterocycles. The number of carbonyl (C=O) groups excluding carboxylic acids is 2. The Morgan fingerprint density at radius 1 is 0.925 bits per heavy atom. The maximum Gasteiger partial charge on any atom is 0.244 e. The third-order valence-corrected chi connectivity index (χ3v) is 7.59. The minimum atomic E-state index is -3.84. The number of carbonyl (C=O) groups is 2. The number of amides is 2. The molecular weight excluding hydrogens is 550 g/mol. The molecule has 0 bridgehead atoms. The third kappa shape index (κ3) is 8.99. The van der Waals surface area contributed by atoms with Gasteiger partial charge in [0.1, 0.15) is 18.3 Å². The number of rotatable bonds is 14. The quantitative estimate of drug-likeness (QED) is 0.297. The van der Waals surface area contributed by atoms with E-state index in [1.165, 1.54) is 4.90 Å². The molecule has 10 heteroatoms. The molecule has 0 spiro atoms. The van der Waals surface area contributed by atoms with Gasteiger partial charge in [0, 0.05) is 24.5 Å². The number of nitrogens with one attached hydrogen (secondary N) is 1. The Morgan fingerprint density at radius 2 is 1.57 bits per heavy atom. The van der Waals surface area contributed by atoms with Crippen LogP contribution in [-0.4, -0.2) is 57.1 Å². The lowest BCUT2D eigenvalue weighted by Gasteiger charge is -2.33. The van der Waals surface area contributed by atoms with E-state index in [1.54, 1.807) is 48.5 Å². The van der Waals surface area contributed by atoms with E-state index in [9.17, 15) is 18.0 Å². The molecule has 3 aromatic rings. The normalized spacial score (nSPS) is 11.9. The fourth-order valence-corrected chi connectivity index (χ4v) is 5.17. The number of anilines is 1. The van der Waals surface area contributed by atoms with Crippen molar-refractivity contribution in [1.29, 1.82) is 0 Å². The zero-order valence-corrected chi connectivity index (χ0v) is 24.6. The van der Waals surface area contributed by atoms with Crippen molar-refractivity contribution in [1.82, 2.24) is 10.2 Å². The van der Waals surface area contributed by atoms with E-state index in [4.69, 9.17) is 16.3 Å². The van der Waals surface area contributed by atoms with Gasteiger partial charge in [-0.05, 0) is 60.9 Å². The molecule has 0 aliphatic rings. The van der Waals surface area contributed by atoms with Crippen molar-refractivity contribution in [3.8, 4) is 5.75 Å². The molecule has 1 N–H and O–H groups in total. The highest BCUT2D eigenvalue weighted by Crippen LogP contribution is 2.23. The number of hydrogen-bond donors (Lipinski definition) is 1. The highest BCUT2D eigenvalue weighted by molar-refractivity contribution is 7.92. The maximum absolute atomic E-state index is 14.0. The number of ether oxygens (including phenoxy) is 1. The van der Waals surface area contributed by atoms with Crippen LogP contribution in [-0.2, 0) is 32.6 Å². The number of halogens is 1. The van der Waals surface area contributed by atoms with Crippen LogP contribution in [0.4, 0.5) is 5.69 Å². The van der Waals surface area contributed by atoms with Crippen LogP contribution in [0.3, 0.4) is 0 Å². The highest BCUT2D eigenvalue weighted by atomic mass is 35.5. The van der Waals surface area contributed by atoms with E-state index in [2.05, 4.69) is 5.32 Å². The van der Waals surface area contributed by atoms with E-state index in [0.29, 0.717) is 29.6 Å². The molecule has 0 aliphatic carbocycles. The standard InChI is InChI=1S/C30H36ClN3O5S/c1-4-19-32-30(36)28(20-23-9-7-6-8-10-23)33(21-24-11-13-25(31)14-12-24)29(35)22-34(40(3,37)38)26-15-17-27(18-16-26)39-5-2/h6-18,28H,4-5,19-22H2,1-3H3,(H,32,36)/t28-/m0/s1. The maximum atomic E-state index is 14.0. The van der Waals surface area contributed by atoms with E-state index in [0.717, 1.165) is 28.1 Å². The van der Waals surface area contributed by atoms with Crippen LogP contribution in [0, 0.1) is 0 Å². The molecule has 0 saturated carbocycles. The summed E-state index contributed by atoms with van der Waals surface area (Å²) in [5.74, 6) is -0.229. The number of nitrogens with zero attached hydrogens (tertiary/aromatic N) is 2. The van der Waals surface area contributed by atoms with Crippen molar-refractivity contribution in [3.05, 3.63) is 95.0 Å². The van der Waals surface area contributed by atoms with Crippen molar-refractivity contribution in [2.24, 2.45) is 0 Å². The smallest absolute Gasteiger partial charge is 0.244 e. The van der Waals surface area contributed by atoms with Gasteiger partial charge in [-0.2, -0.15) is 0 Å². The Morgan fingerprint density at radius 3 is 2.15 bits per heavy atom. The average Bonchev–Trinajstić information content (AvgIpc) is 2.94. The largest absolute Gasteiger partial charge is 0.494 e. The summed E-state index contributed by atoms with van der Waals surface area (Å²) in [6.45, 7) is 4.34. The molecule has 40 heavy (non-hydrogen) atoms. The van der Waals surface area contributed by atoms with Gasteiger partial charge in [-0.25, -0.2) is 8.42 Å². The van der Waals surface area contributed by atoms with Gasteiger partial charge in [-0.3, -0.25) is 13.9 Å². The summed E-state index contributed by atoms with van der Waals surface area (Å²) in [4.78, 5) is 28.9. The fourth-order valence-electron chi connectivity index (χ4n) is 4.20. The molecule has 0 radical (unpaired) electrons. The second-order valence-electron chi connectivity index (χ2n) is 9.34. The Balaban J connectivity index is 2.01. The summed E-state index contributed by atoms with van der Waals surface area (Å²) in [6.07, 6.45) is 2.04. The Kier molecular flexibility index (Phi) is 11.4. The average molecular weight is 586 g/mol.